The largest absolute Gasteiger partial charge is 0.356 e. The molecule has 0 aliphatic carbocycles. The number of rotatable bonds is 3. The van der Waals surface area contributed by atoms with E-state index in [9.17, 15) is 0 Å². The monoisotopic (exact) mass is 243 g/mol. The Kier molecular flexibility index (Phi) is 4.19. The second kappa shape index (κ2) is 5.86. The van der Waals surface area contributed by atoms with Crippen molar-refractivity contribution in [3.8, 4) is 6.07 Å². The van der Waals surface area contributed by atoms with Crippen LogP contribution in [0.1, 0.15) is 38.7 Å². The zero-order chi connectivity index (χ0) is 13.0. The highest BCUT2D eigenvalue weighted by Gasteiger charge is 2.22. The van der Waals surface area contributed by atoms with Crippen molar-refractivity contribution in [2.75, 3.05) is 18.0 Å². The third kappa shape index (κ3) is 3.01. The van der Waals surface area contributed by atoms with Gasteiger partial charge in [-0.25, -0.2) is 4.98 Å². The van der Waals surface area contributed by atoms with Gasteiger partial charge < -0.3 is 4.90 Å². The molecule has 1 aliphatic rings. The van der Waals surface area contributed by atoms with E-state index in [4.69, 9.17) is 5.26 Å². The van der Waals surface area contributed by atoms with Gasteiger partial charge in [-0.2, -0.15) is 5.26 Å². The Morgan fingerprint density at radius 2 is 2.17 bits per heavy atom. The van der Waals surface area contributed by atoms with Crippen molar-refractivity contribution in [3.63, 3.8) is 0 Å². The summed E-state index contributed by atoms with van der Waals surface area (Å²) in [6.07, 6.45) is 5.54. The predicted molar refractivity (Wildman–Crippen MR) is 73.3 cm³/mol. The quantitative estimate of drug-likeness (QED) is 0.818. The predicted octanol–water partition coefficient (Wildman–Crippen LogP) is 3.22. The molecular weight excluding hydrogens is 222 g/mol. The second-order valence-corrected chi connectivity index (χ2v) is 5.55. The van der Waals surface area contributed by atoms with Crippen LogP contribution in [-0.4, -0.2) is 18.1 Å². The lowest BCUT2D eigenvalue weighted by atomic mass is 9.88. The molecule has 3 heteroatoms. The van der Waals surface area contributed by atoms with Crippen LogP contribution in [0.4, 0.5) is 5.82 Å². The van der Waals surface area contributed by atoms with E-state index in [2.05, 4.69) is 29.8 Å². The van der Waals surface area contributed by atoms with E-state index in [1.807, 2.05) is 12.1 Å². The average Bonchev–Trinajstić information content (AvgIpc) is 2.39. The Balaban J connectivity index is 1.99. The molecule has 2 rings (SSSR count). The van der Waals surface area contributed by atoms with Crippen LogP contribution in [0.25, 0.3) is 0 Å². The van der Waals surface area contributed by atoms with Gasteiger partial charge in [-0.1, -0.05) is 13.8 Å². The summed E-state index contributed by atoms with van der Waals surface area (Å²) in [6, 6.07) is 5.91. The number of anilines is 1. The van der Waals surface area contributed by atoms with E-state index >= 15 is 0 Å². The first kappa shape index (κ1) is 12.9. The van der Waals surface area contributed by atoms with E-state index in [1.165, 1.54) is 19.3 Å². The highest BCUT2D eigenvalue weighted by atomic mass is 15.2. The molecule has 1 aliphatic heterocycles. The Morgan fingerprint density at radius 1 is 1.44 bits per heavy atom. The highest BCUT2D eigenvalue weighted by Crippen LogP contribution is 2.27. The number of piperidine rings is 1. The fourth-order valence-electron chi connectivity index (χ4n) is 2.78. The molecule has 96 valence electrons. The van der Waals surface area contributed by atoms with Crippen molar-refractivity contribution in [1.82, 2.24) is 4.98 Å². The lowest BCUT2D eigenvalue weighted by molar-refractivity contribution is 0.337. The van der Waals surface area contributed by atoms with Gasteiger partial charge in [0.05, 0.1) is 5.56 Å². The van der Waals surface area contributed by atoms with Crippen LogP contribution in [0.3, 0.4) is 0 Å². The fourth-order valence-corrected chi connectivity index (χ4v) is 2.78. The molecule has 0 atom stereocenters. The lowest BCUT2D eigenvalue weighted by Crippen LogP contribution is -2.35. The third-order valence-corrected chi connectivity index (χ3v) is 3.63. The first-order valence-corrected chi connectivity index (χ1v) is 6.80. The molecule has 0 N–H and O–H groups in total. The average molecular weight is 243 g/mol. The van der Waals surface area contributed by atoms with Gasteiger partial charge in [0.2, 0.25) is 0 Å². The van der Waals surface area contributed by atoms with E-state index < -0.39 is 0 Å². The molecule has 0 radical (unpaired) electrons. The van der Waals surface area contributed by atoms with E-state index in [0.717, 1.165) is 30.7 Å². The van der Waals surface area contributed by atoms with Gasteiger partial charge in [0.1, 0.15) is 11.9 Å². The maximum atomic E-state index is 9.10. The van der Waals surface area contributed by atoms with Crippen LogP contribution in [-0.2, 0) is 0 Å². The number of pyridine rings is 1. The maximum absolute atomic E-state index is 9.10. The van der Waals surface area contributed by atoms with Crippen LogP contribution in [0.2, 0.25) is 0 Å². The van der Waals surface area contributed by atoms with Crippen molar-refractivity contribution in [2.45, 2.75) is 33.1 Å². The Morgan fingerprint density at radius 3 is 2.78 bits per heavy atom. The van der Waals surface area contributed by atoms with Crippen molar-refractivity contribution >= 4 is 5.82 Å². The summed E-state index contributed by atoms with van der Waals surface area (Å²) in [4.78, 5) is 6.62. The summed E-state index contributed by atoms with van der Waals surface area (Å²) < 4.78 is 0. The fraction of sp³-hybridized carbons (Fsp3) is 0.600. The van der Waals surface area contributed by atoms with Gasteiger partial charge in [-0.3, -0.25) is 0 Å². The summed E-state index contributed by atoms with van der Waals surface area (Å²) in [5.41, 5.74) is 0.694. The molecule has 1 aromatic rings. The first-order valence-electron chi connectivity index (χ1n) is 6.80. The molecule has 0 aromatic carbocycles. The molecule has 1 saturated heterocycles. The molecule has 3 nitrogen and oxygen atoms in total. The maximum Gasteiger partial charge on any atom is 0.146 e. The van der Waals surface area contributed by atoms with Crippen LogP contribution in [0.15, 0.2) is 18.3 Å². The molecule has 18 heavy (non-hydrogen) atoms. The Labute approximate surface area is 109 Å². The smallest absolute Gasteiger partial charge is 0.146 e. The SMILES string of the molecule is CC(C)CC1CCN(c2ncccc2C#N)CC1. The standard InChI is InChI=1S/C15H21N3/c1-12(2)10-13-5-8-18(9-6-13)15-14(11-16)4-3-7-17-15/h3-4,7,12-13H,5-6,8-10H2,1-2H3. The minimum absolute atomic E-state index is 0.694. The summed E-state index contributed by atoms with van der Waals surface area (Å²) in [5.74, 6) is 2.49. The molecular formula is C15H21N3. The van der Waals surface area contributed by atoms with E-state index in [0.29, 0.717) is 5.56 Å². The zero-order valence-corrected chi connectivity index (χ0v) is 11.3. The number of nitriles is 1. The van der Waals surface area contributed by atoms with E-state index in [1.54, 1.807) is 6.20 Å². The summed E-state index contributed by atoms with van der Waals surface area (Å²) in [6.45, 7) is 6.64. The second-order valence-electron chi connectivity index (χ2n) is 5.55. The molecule has 1 fully saturated rings. The van der Waals surface area contributed by atoms with E-state index in [-0.39, 0.29) is 0 Å². The van der Waals surface area contributed by atoms with Gasteiger partial charge >= 0.3 is 0 Å². The van der Waals surface area contributed by atoms with Gasteiger partial charge in [-0.05, 0) is 43.2 Å². The lowest BCUT2D eigenvalue weighted by Gasteiger charge is -2.33. The van der Waals surface area contributed by atoms with Gasteiger partial charge in [0.15, 0.2) is 0 Å². The summed E-state index contributed by atoms with van der Waals surface area (Å²) >= 11 is 0. The van der Waals surface area contributed by atoms with Gasteiger partial charge in [0, 0.05) is 19.3 Å². The van der Waals surface area contributed by atoms with Crippen molar-refractivity contribution in [3.05, 3.63) is 23.9 Å². The highest BCUT2D eigenvalue weighted by molar-refractivity contribution is 5.53. The number of hydrogen-bond acceptors (Lipinski definition) is 3. The number of hydrogen-bond donors (Lipinski definition) is 0. The van der Waals surface area contributed by atoms with Gasteiger partial charge in [-0.15, -0.1) is 0 Å². The minimum atomic E-state index is 0.694. The van der Waals surface area contributed by atoms with Crippen molar-refractivity contribution in [2.24, 2.45) is 11.8 Å². The number of nitrogens with zero attached hydrogens (tertiary/aromatic N) is 3. The van der Waals surface area contributed by atoms with Gasteiger partial charge in [0.25, 0.3) is 0 Å². The molecule has 0 bridgehead atoms. The third-order valence-electron chi connectivity index (χ3n) is 3.63. The normalized spacial score (nSPS) is 16.9. The van der Waals surface area contributed by atoms with Crippen molar-refractivity contribution in [1.29, 1.82) is 5.26 Å². The van der Waals surface area contributed by atoms with Crippen LogP contribution >= 0.6 is 0 Å². The minimum Gasteiger partial charge on any atom is -0.356 e. The molecule has 0 unspecified atom stereocenters. The van der Waals surface area contributed by atoms with Crippen LogP contribution in [0.5, 0.6) is 0 Å². The van der Waals surface area contributed by atoms with Crippen molar-refractivity contribution < 1.29 is 0 Å². The summed E-state index contributed by atoms with van der Waals surface area (Å²) in [5, 5.41) is 9.10. The molecule has 2 heterocycles. The Bertz CT molecular complexity index is 426. The zero-order valence-electron chi connectivity index (χ0n) is 11.3. The number of aromatic nitrogens is 1. The molecule has 1 aromatic heterocycles. The molecule has 0 amide bonds. The summed E-state index contributed by atoms with van der Waals surface area (Å²) in [7, 11) is 0. The topological polar surface area (TPSA) is 39.9 Å². The van der Waals surface area contributed by atoms with Crippen LogP contribution < -0.4 is 4.90 Å². The first-order chi connectivity index (χ1) is 8.70. The van der Waals surface area contributed by atoms with Crippen LogP contribution in [0, 0.1) is 23.2 Å². The molecule has 0 saturated carbocycles. The molecule has 0 spiro atoms. The Hall–Kier alpha value is -1.56.